The first kappa shape index (κ1) is 19.1. The number of rotatable bonds is 7. The number of allylic oxidation sites excluding steroid dienone is 4. The van der Waals surface area contributed by atoms with Gasteiger partial charge in [0.1, 0.15) is 0 Å². The molecule has 134 valence electrons. The molecule has 0 heterocycles. The number of hydrogen-bond donors (Lipinski definition) is 1. The van der Waals surface area contributed by atoms with E-state index in [4.69, 9.17) is 0 Å². The van der Waals surface area contributed by atoms with Crippen molar-refractivity contribution in [2.24, 2.45) is 11.3 Å². The van der Waals surface area contributed by atoms with E-state index in [0.717, 1.165) is 32.1 Å². The monoisotopic (exact) mass is 332 g/mol. The van der Waals surface area contributed by atoms with Crippen molar-refractivity contribution in [1.82, 2.24) is 0 Å². The van der Waals surface area contributed by atoms with Crippen LogP contribution in [0.2, 0.25) is 0 Å². The highest BCUT2D eigenvalue weighted by atomic mass is 16.3. The number of carbonyl (C=O) groups excluding carboxylic acids is 2. The molecule has 1 fully saturated rings. The first-order valence-electron chi connectivity index (χ1n) is 9.55. The number of ketones is 2. The van der Waals surface area contributed by atoms with Crippen LogP contribution in [-0.2, 0) is 9.59 Å². The van der Waals surface area contributed by atoms with Crippen LogP contribution < -0.4 is 0 Å². The standard InChI is InChI=1S/C21H32O3/c1-4-5-6-7-11-21(2,3)18-14-19(23)17(13-20(18)24)15-9-8-10-16(22)12-15/h13-16,22H,4-12H2,1-3H3/t15-,16+/m0/s1. The highest BCUT2D eigenvalue weighted by Gasteiger charge is 2.34. The summed E-state index contributed by atoms with van der Waals surface area (Å²) in [5.41, 5.74) is 1.02. The second-order valence-electron chi connectivity index (χ2n) is 8.10. The van der Waals surface area contributed by atoms with Crippen LogP contribution >= 0.6 is 0 Å². The Morgan fingerprint density at radius 2 is 1.83 bits per heavy atom. The first-order chi connectivity index (χ1) is 11.3. The van der Waals surface area contributed by atoms with Gasteiger partial charge in [0, 0.05) is 11.1 Å². The Labute approximate surface area is 146 Å². The summed E-state index contributed by atoms with van der Waals surface area (Å²) in [5.74, 6) is 0.00570. The van der Waals surface area contributed by atoms with Crippen molar-refractivity contribution < 1.29 is 14.7 Å². The lowest BCUT2D eigenvalue weighted by Crippen LogP contribution is -2.29. The Kier molecular flexibility index (Phi) is 6.56. The molecule has 1 N–H and O–H groups in total. The molecule has 2 atom stereocenters. The third-order valence-electron chi connectivity index (χ3n) is 5.58. The minimum absolute atomic E-state index is 0.00912. The van der Waals surface area contributed by atoms with E-state index in [-0.39, 0.29) is 29.0 Å². The van der Waals surface area contributed by atoms with Crippen molar-refractivity contribution in [3.8, 4) is 0 Å². The lowest BCUT2D eigenvalue weighted by Gasteiger charge is -2.31. The molecule has 0 bridgehead atoms. The van der Waals surface area contributed by atoms with Crippen LogP contribution in [0.3, 0.4) is 0 Å². The number of hydrogen-bond acceptors (Lipinski definition) is 3. The van der Waals surface area contributed by atoms with Gasteiger partial charge >= 0.3 is 0 Å². The Bertz CT molecular complexity index is 539. The molecule has 0 aromatic rings. The van der Waals surface area contributed by atoms with Gasteiger partial charge in [0.15, 0.2) is 11.6 Å². The van der Waals surface area contributed by atoms with Crippen LogP contribution in [0.25, 0.3) is 0 Å². The Morgan fingerprint density at radius 3 is 2.50 bits per heavy atom. The van der Waals surface area contributed by atoms with Crippen molar-refractivity contribution in [2.75, 3.05) is 0 Å². The zero-order valence-corrected chi connectivity index (χ0v) is 15.4. The fraction of sp³-hybridized carbons (Fsp3) is 0.714. The van der Waals surface area contributed by atoms with Gasteiger partial charge in [-0.15, -0.1) is 0 Å². The smallest absolute Gasteiger partial charge is 0.182 e. The van der Waals surface area contributed by atoms with Gasteiger partial charge in [0.2, 0.25) is 0 Å². The summed E-state index contributed by atoms with van der Waals surface area (Å²) >= 11 is 0. The highest BCUT2D eigenvalue weighted by molar-refractivity contribution is 6.20. The van der Waals surface area contributed by atoms with E-state index < -0.39 is 0 Å². The molecule has 2 rings (SSSR count). The maximum atomic E-state index is 12.7. The largest absolute Gasteiger partial charge is 0.393 e. The lowest BCUT2D eigenvalue weighted by molar-refractivity contribution is -0.116. The van der Waals surface area contributed by atoms with Crippen molar-refractivity contribution in [3.05, 3.63) is 23.3 Å². The second kappa shape index (κ2) is 8.24. The molecule has 0 saturated heterocycles. The minimum Gasteiger partial charge on any atom is -0.393 e. The summed E-state index contributed by atoms with van der Waals surface area (Å²) in [4.78, 5) is 25.3. The summed E-state index contributed by atoms with van der Waals surface area (Å²) in [7, 11) is 0. The summed E-state index contributed by atoms with van der Waals surface area (Å²) in [6.45, 7) is 6.32. The van der Waals surface area contributed by atoms with Gasteiger partial charge in [-0.2, -0.15) is 0 Å². The molecule has 2 aliphatic rings. The number of carbonyl (C=O) groups is 2. The summed E-state index contributed by atoms with van der Waals surface area (Å²) in [6, 6.07) is 0. The van der Waals surface area contributed by atoms with Crippen molar-refractivity contribution in [3.63, 3.8) is 0 Å². The number of aliphatic hydroxyl groups is 1. The first-order valence-corrected chi connectivity index (χ1v) is 9.55. The van der Waals surface area contributed by atoms with E-state index >= 15 is 0 Å². The van der Waals surface area contributed by atoms with Gasteiger partial charge in [-0.05, 0) is 49.2 Å². The van der Waals surface area contributed by atoms with Crippen molar-refractivity contribution >= 4 is 11.6 Å². The van der Waals surface area contributed by atoms with E-state index in [0.29, 0.717) is 17.6 Å². The molecule has 0 radical (unpaired) electrons. The van der Waals surface area contributed by atoms with Gasteiger partial charge in [-0.25, -0.2) is 0 Å². The summed E-state index contributed by atoms with van der Waals surface area (Å²) < 4.78 is 0. The zero-order chi connectivity index (χ0) is 17.7. The molecular formula is C21H32O3. The van der Waals surface area contributed by atoms with Crippen molar-refractivity contribution in [1.29, 1.82) is 0 Å². The maximum Gasteiger partial charge on any atom is 0.182 e. The SMILES string of the molecule is CCCCCCC(C)(C)C1=CC(=O)C([C@H]2CCC[C@@H](O)C2)=CC1=O. The Morgan fingerprint density at radius 1 is 1.08 bits per heavy atom. The lowest BCUT2D eigenvalue weighted by atomic mass is 9.72. The molecule has 3 nitrogen and oxygen atoms in total. The zero-order valence-electron chi connectivity index (χ0n) is 15.4. The fourth-order valence-corrected chi connectivity index (χ4v) is 4.00. The maximum absolute atomic E-state index is 12.7. The summed E-state index contributed by atoms with van der Waals surface area (Å²) in [6.07, 6.45) is 11.6. The van der Waals surface area contributed by atoms with Gasteiger partial charge in [-0.3, -0.25) is 9.59 Å². The fourth-order valence-electron chi connectivity index (χ4n) is 4.00. The molecule has 2 aliphatic carbocycles. The third-order valence-corrected chi connectivity index (χ3v) is 5.58. The second-order valence-corrected chi connectivity index (χ2v) is 8.10. The van der Waals surface area contributed by atoms with Gasteiger partial charge in [0.05, 0.1) is 6.10 Å². The van der Waals surface area contributed by atoms with E-state index in [1.165, 1.54) is 19.3 Å². The van der Waals surface area contributed by atoms with Crippen LogP contribution in [0.15, 0.2) is 23.3 Å². The van der Waals surface area contributed by atoms with Crippen LogP contribution in [0.1, 0.15) is 78.6 Å². The van der Waals surface area contributed by atoms with E-state index in [2.05, 4.69) is 20.8 Å². The molecule has 24 heavy (non-hydrogen) atoms. The highest BCUT2D eigenvalue weighted by Crippen LogP contribution is 2.38. The van der Waals surface area contributed by atoms with E-state index in [1.807, 2.05) is 0 Å². The molecule has 0 aromatic heterocycles. The van der Waals surface area contributed by atoms with Gasteiger partial charge in [0.25, 0.3) is 0 Å². The summed E-state index contributed by atoms with van der Waals surface area (Å²) in [5, 5.41) is 9.85. The van der Waals surface area contributed by atoms with Crippen LogP contribution in [0.4, 0.5) is 0 Å². The molecule has 3 heteroatoms. The van der Waals surface area contributed by atoms with Crippen LogP contribution in [-0.4, -0.2) is 22.8 Å². The molecule has 0 amide bonds. The van der Waals surface area contributed by atoms with Gasteiger partial charge < -0.3 is 5.11 Å². The molecule has 0 unspecified atom stereocenters. The Balaban J connectivity index is 2.06. The Hall–Kier alpha value is -1.22. The molecular weight excluding hydrogens is 300 g/mol. The third kappa shape index (κ3) is 4.66. The topological polar surface area (TPSA) is 54.4 Å². The minimum atomic E-state index is -0.340. The molecule has 0 aliphatic heterocycles. The molecule has 0 spiro atoms. The normalized spacial score (nSPS) is 25.5. The number of unbranched alkanes of at least 4 members (excludes halogenated alkanes) is 3. The quantitative estimate of drug-likeness (QED) is 0.550. The van der Waals surface area contributed by atoms with Crippen LogP contribution in [0, 0.1) is 11.3 Å². The predicted molar refractivity (Wildman–Crippen MR) is 96.7 cm³/mol. The predicted octanol–water partition coefficient (Wildman–Crippen LogP) is 4.54. The molecule has 1 saturated carbocycles. The van der Waals surface area contributed by atoms with E-state index in [9.17, 15) is 14.7 Å². The van der Waals surface area contributed by atoms with Gasteiger partial charge in [-0.1, -0.05) is 52.9 Å². The van der Waals surface area contributed by atoms with E-state index in [1.54, 1.807) is 12.2 Å². The average Bonchev–Trinajstić information content (AvgIpc) is 2.53. The average molecular weight is 332 g/mol. The molecule has 0 aromatic carbocycles. The number of aliphatic hydroxyl groups excluding tert-OH is 1. The van der Waals surface area contributed by atoms with Crippen molar-refractivity contribution in [2.45, 2.75) is 84.7 Å². The van der Waals surface area contributed by atoms with Crippen LogP contribution in [0.5, 0.6) is 0 Å².